The lowest BCUT2D eigenvalue weighted by atomic mass is 10.1. The van der Waals surface area contributed by atoms with Gasteiger partial charge in [-0.05, 0) is 46.3 Å². The molecule has 0 saturated carbocycles. The van der Waals surface area contributed by atoms with Crippen LogP contribution in [0.15, 0.2) is 45.3 Å². The van der Waals surface area contributed by atoms with E-state index in [1.165, 1.54) is 6.07 Å². The fraction of sp³-hybridized carbons (Fsp3) is 0.0769. The summed E-state index contributed by atoms with van der Waals surface area (Å²) in [6, 6.07) is 10.3. The highest BCUT2D eigenvalue weighted by molar-refractivity contribution is 9.11. The van der Waals surface area contributed by atoms with Gasteiger partial charge >= 0.3 is 0 Å². The summed E-state index contributed by atoms with van der Waals surface area (Å²) in [7, 11) is 0. The Kier molecular flexibility index (Phi) is 5.01. The highest BCUT2D eigenvalue weighted by Gasteiger charge is 2.14. The van der Waals surface area contributed by atoms with E-state index < -0.39 is 4.92 Å². The van der Waals surface area contributed by atoms with Gasteiger partial charge in [-0.1, -0.05) is 27.5 Å². The smallest absolute Gasteiger partial charge is 0.275 e. The molecule has 0 unspecified atom stereocenters. The normalized spacial score (nSPS) is 10.3. The molecule has 2 rings (SSSR count). The Morgan fingerprint density at radius 3 is 2.65 bits per heavy atom. The van der Waals surface area contributed by atoms with Crippen LogP contribution in [0.3, 0.4) is 0 Å². The number of halogens is 3. The summed E-state index contributed by atoms with van der Waals surface area (Å²) in [4.78, 5) is 10.6. The second-order valence-corrected chi connectivity index (χ2v) is 6.21. The number of anilines is 1. The third-order valence-corrected chi connectivity index (χ3v) is 4.06. The van der Waals surface area contributed by atoms with E-state index in [2.05, 4.69) is 37.2 Å². The average Bonchev–Trinajstić information content (AvgIpc) is 2.40. The van der Waals surface area contributed by atoms with Crippen LogP contribution in [-0.4, -0.2) is 4.92 Å². The van der Waals surface area contributed by atoms with Gasteiger partial charge in [0.1, 0.15) is 0 Å². The molecule has 0 aromatic heterocycles. The molecule has 0 aliphatic heterocycles. The molecule has 0 aliphatic rings. The highest BCUT2D eigenvalue weighted by atomic mass is 79.9. The molecule has 0 saturated heterocycles. The fourth-order valence-corrected chi connectivity index (χ4v) is 2.59. The first-order valence-corrected chi connectivity index (χ1v) is 7.55. The lowest BCUT2D eigenvalue weighted by Crippen LogP contribution is -2.03. The van der Waals surface area contributed by atoms with Crippen molar-refractivity contribution in [3.63, 3.8) is 0 Å². The summed E-state index contributed by atoms with van der Waals surface area (Å²) in [6.07, 6.45) is 0. The van der Waals surface area contributed by atoms with Crippen molar-refractivity contribution in [1.29, 1.82) is 0 Å². The van der Waals surface area contributed by atoms with E-state index in [1.807, 2.05) is 18.2 Å². The molecule has 0 aliphatic carbocycles. The van der Waals surface area contributed by atoms with Crippen molar-refractivity contribution < 1.29 is 4.92 Å². The highest BCUT2D eigenvalue weighted by Crippen LogP contribution is 2.28. The Morgan fingerprint density at radius 2 is 1.95 bits per heavy atom. The quantitative estimate of drug-likeness (QED) is 0.533. The standard InChI is InChI=1S/C13H9Br2ClN2O2/c14-9-2-4-11(15)12(5-9)17-7-8-1-3-10(16)6-13(8)18(19)20/h1-6,17H,7H2. The van der Waals surface area contributed by atoms with Gasteiger partial charge in [0.05, 0.1) is 4.92 Å². The maximum Gasteiger partial charge on any atom is 0.275 e. The number of benzene rings is 2. The Bertz CT molecular complexity index is 665. The zero-order valence-corrected chi connectivity index (χ0v) is 14.0. The van der Waals surface area contributed by atoms with Crippen LogP contribution >= 0.6 is 43.5 Å². The van der Waals surface area contributed by atoms with Crippen molar-refractivity contribution in [2.45, 2.75) is 6.54 Å². The summed E-state index contributed by atoms with van der Waals surface area (Å²) in [6.45, 7) is 0.336. The van der Waals surface area contributed by atoms with Crippen LogP contribution < -0.4 is 5.32 Å². The van der Waals surface area contributed by atoms with E-state index >= 15 is 0 Å². The summed E-state index contributed by atoms with van der Waals surface area (Å²) in [5.74, 6) is 0. The Labute approximate surface area is 137 Å². The Balaban J connectivity index is 2.23. The van der Waals surface area contributed by atoms with Crippen LogP contribution in [-0.2, 0) is 6.54 Å². The monoisotopic (exact) mass is 418 g/mol. The van der Waals surface area contributed by atoms with Crippen LogP contribution in [0.25, 0.3) is 0 Å². The SMILES string of the molecule is O=[N+]([O-])c1cc(Cl)ccc1CNc1cc(Br)ccc1Br. The van der Waals surface area contributed by atoms with Crippen LogP contribution in [0.4, 0.5) is 11.4 Å². The van der Waals surface area contributed by atoms with Gasteiger partial charge in [0.25, 0.3) is 5.69 Å². The van der Waals surface area contributed by atoms with Crippen molar-refractivity contribution in [3.8, 4) is 0 Å². The summed E-state index contributed by atoms with van der Waals surface area (Å²) in [5, 5.41) is 14.5. The maximum absolute atomic E-state index is 11.0. The first kappa shape index (κ1) is 15.3. The predicted octanol–water partition coefficient (Wildman–Crippen LogP) is 5.39. The predicted molar refractivity (Wildman–Crippen MR) is 87.3 cm³/mol. The van der Waals surface area contributed by atoms with Gasteiger partial charge in [0.15, 0.2) is 0 Å². The van der Waals surface area contributed by atoms with Crippen LogP contribution in [0.1, 0.15) is 5.56 Å². The maximum atomic E-state index is 11.0. The van der Waals surface area contributed by atoms with Crippen LogP contribution in [0.2, 0.25) is 5.02 Å². The first-order chi connectivity index (χ1) is 9.47. The van der Waals surface area contributed by atoms with E-state index in [9.17, 15) is 10.1 Å². The number of nitrogens with one attached hydrogen (secondary N) is 1. The lowest BCUT2D eigenvalue weighted by molar-refractivity contribution is -0.385. The molecule has 7 heteroatoms. The molecule has 0 atom stereocenters. The van der Waals surface area contributed by atoms with Gasteiger partial charge in [0.2, 0.25) is 0 Å². The van der Waals surface area contributed by atoms with Crippen molar-refractivity contribution >= 4 is 54.8 Å². The molecule has 0 amide bonds. The molecular formula is C13H9Br2ClN2O2. The molecule has 1 N–H and O–H groups in total. The van der Waals surface area contributed by atoms with E-state index in [0.717, 1.165) is 14.6 Å². The van der Waals surface area contributed by atoms with Gasteiger partial charge in [0, 0.05) is 37.8 Å². The second kappa shape index (κ2) is 6.56. The molecule has 0 bridgehead atoms. The minimum Gasteiger partial charge on any atom is -0.380 e. The summed E-state index contributed by atoms with van der Waals surface area (Å²) < 4.78 is 1.81. The molecular weight excluding hydrogens is 411 g/mol. The minimum atomic E-state index is -0.432. The lowest BCUT2D eigenvalue weighted by Gasteiger charge is -2.09. The van der Waals surface area contributed by atoms with E-state index in [1.54, 1.807) is 12.1 Å². The van der Waals surface area contributed by atoms with Crippen molar-refractivity contribution in [2.24, 2.45) is 0 Å². The molecule has 104 valence electrons. The second-order valence-electron chi connectivity index (χ2n) is 4.01. The van der Waals surface area contributed by atoms with Gasteiger partial charge in [-0.2, -0.15) is 0 Å². The number of hydrogen-bond acceptors (Lipinski definition) is 3. The van der Waals surface area contributed by atoms with Gasteiger partial charge in [-0.15, -0.1) is 0 Å². The third kappa shape index (κ3) is 3.71. The van der Waals surface area contributed by atoms with E-state index in [0.29, 0.717) is 17.1 Å². The Hall–Kier alpha value is -1.11. The summed E-state index contributed by atoms with van der Waals surface area (Å²) >= 11 is 12.6. The van der Waals surface area contributed by atoms with Crippen molar-refractivity contribution in [1.82, 2.24) is 0 Å². The van der Waals surface area contributed by atoms with Crippen LogP contribution in [0, 0.1) is 10.1 Å². The van der Waals surface area contributed by atoms with Crippen molar-refractivity contribution in [2.75, 3.05) is 5.32 Å². The molecule has 0 spiro atoms. The zero-order valence-electron chi connectivity index (χ0n) is 10.1. The summed E-state index contributed by atoms with van der Waals surface area (Å²) in [5.41, 5.74) is 1.44. The molecule has 0 radical (unpaired) electrons. The van der Waals surface area contributed by atoms with Gasteiger partial charge in [-0.25, -0.2) is 0 Å². The largest absolute Gasteiger partial charge is 0.380 e. The minimum absolute atomic E-state index is 0.0103. The molecule has 0 heterocycles. The van der Waals surface area contributed by atoms with Crippen molar-refractivity contribution in [3.05, 3.63) is 66.0 Å². The van der Waals surface area contributed by atoms with E-state index in [-0.39, 0.29) is 5.69 Å². The fourth-order valence-electron chi connectivity index (χ4n) is 1.68. The Morgan fingerprint density at radius 1 is 1.20 bits per heavy atom. The molecule has 20 heavy (non-hydrogen) atoms. The molecule has 2 aromatic carbocycles. The van der Waals surface area contributed by atoms with Gasteiger partial charge < -0.3 is 5.32 Å². The van der Waals surface area contributed by atoms with Gasteiger partial charge in [-0.3, -0.25) is 10.1 Å². The van der Waals surface area contributed by atoms with Crippen LogP contribution in [0.5, 0.6) is 0 Å². The first-order valence-electron chi connectivity index (χ1n) is 5.59. The molecule has 4 nitrogen and oxygen atoms in total. The molecule has 0 fully saturated rings. The molecule has 2 aromatic rings. The zero-order chi connectivity index (χ0) is 14.7. The third-order valence-electron chi connectivity index (χ3n) is 2.64. The number of nitrogens with zero attached hydrogens (tertiary/aromatic N) is 1. The number of rotatable bonds is 4. The number of nitro groups is 1. The average molecular weight is 420 g/mol. The van der Waals surface area contributed by atoms with E-state index in [4.69, 9.17) is 11.6 Å². The number of hydrogen-bond donors (Lipinski definition) is 1. The number of nitro benzene ring substituents is 1. The topological polar surface area (TPSA) is 55.2 Å².